The van der Waals surface area contributed by atoms with E-state index in [1.54, 1.807) is 0 Å². The number of rotatable bonds is 9. The number of alkyl halides is 1. The van der Waals surface area contributed by atoms with Crippen LogP contribution in [0.3, 0.4) is 0 Å². The number of aliphatic hydroxyl groups is 1. The number of ether oxygens (including phenoxy) is 1. The Kier molecular flexibility index (Phi) is 37.4. The Hall–Kier alpha value is 0.870. The molecule has 274 valence electrons. The van der Waals surface area contributed by atoms with Crippen LogP contribution in [-0.4, -0.2) is 44.7 Å². The molecule has 1 heterocycles. The van der Waals surface area contributed by atoms with Crippen molar-refractivity contribution >= 4 is 122 Å². The van der Waals surface area contributed by atoms with Gasteiger partial charge in [-0.05, 0) is 46.6 Å². The van der Waals surface area contributed by atoms with Crippen molar-refractivity contribution in [1.82, 2.24) is 0 Å². The molecule has 1 unspecified atom stereocenters. The molecule has 0 radical (unpaired) electrons. The van der Waals surface area contributed by atoms with Crippen molar-refractivity contribution in [3.8, 4) is 0 Å². The van der Waals surface area contributed by atoms with Crippen LogP contribution >= 0.6 is 86.3 Å². The fourth-order valence-electron chi connectivity index (χ4n) is 4.69. The standard InChI is InChI=1S/C17H23IO.C17H24O.CH4.I4.2O2S/c1-12-13(2)16(19-17(11-18)14(12)3)10-9-15-7-5-4-6-8-15;1-5-13(2)14(3)15(4)17(18)12-11-16-9-7-6-8-10-16;;1-4(2)3;2*1-3-2/h4-10,12-14,16-17H,11H2,1-3H3;5-15,17-18H,1H2,2-4H3;1H4;;;/b10-9+;12-11+;;;;/t12-,13+,14-,16+,17-;13-,14?,15-,17-;;;;/m10..../s1. The van der Waals surface area contributed by atoms with Crippen molar-refractivity contribution < 1.29 is 26.7 Å². The molecule has 2 aromatic rings. The first-order valence-corrected chi connectivity index (χ1v) is 36.5. The monoisotopic (exact) mass is 1270 g/mol. The number of allylic oxidation sites excluding steroid dienone is 1. The second-order valence-electron chi connectivity index (χ2n) is 11.0. The van der Waals surface area contributed by atoms with Crippen LogP contribution in [0.1, 0.15) is 60.1 Å². The summed E-state index contributed by atoms with van der Waals surface area (Å²) in [7, 11) is -0.353. The predicted molar refractivity (Wildman–Crippen MR) is 250 cm³/mol. The molecule has 9 atom stereocenters. The molecule has 0 amide bonds. The smallest absolute Gasteiger partial charge is 0.168 e. The van der Waals surface area contributed by atoms with Gasteiger partial charge in [0.1, 0.15) is 0 Å². The Labute approximate surface area is 347 Å². The number of halogens is 5. The molecule has 0 bridgehead atoms. The molecule has 6 nitrogen and oxygen atoms in total. The van der Waals surface area contributed by atoms with Gasteiger partial charge in [-0.25, -0.2) is 0 Å². The summed E-state index contributed by atoms with van der Waals surface area (Å²) in [6, 6.07) is 20.5. The van der Waals surface area contributed by atoms with E-state index in [2.05, 4.69) is 163 Å². The van der Waals surface area contributed by atoms with Crippen molar-refractivity contribution in [2.24, 2.45) is 35.5 Å². The van der Waals surface area contributed by atoms with Gasteiger partial charge in [-0.2, -0.15) is 16.8 Å². The molecule has 0 spiro atoms. The summed E-state index contributed by atoms with van der Waals surface area (Å²) in [6.07, 6.45) is 10.5. The summed E-state index contributed by atoms with van der Waals surface area (Å²) < 4.78 is 40.5. The summed E-state index contributed by atoms with van der Waals surface area (Å²) in [4.78, 5) is 0. The number of benzene rings is 2. The van der Waals surface area contributed by atoms with E-state index < -0.39 is 29.2 Å². The number of hydrogen-bond acceptors (Lipinski definition) is 6. The maximum atomic E-state index is 10.2. The Morgan fingerprint density at radius 2 is 1.23 bits per heavy atom. The van der Waals surface area contributed by atoms with Crippen LogP contribution in [0.2, 0.25) is 0 Å². The van der Waals surface area contributed by atoms with E-state index in [1.807, 2.05) is 54.6 Å². The average Bonchev–Trinajstić information content (AvgIpc) is 3.06. The molecule has 1 N–H and O–H groups in total. The fourth-order valence-corrected chi connectivity index (χ4v) is 5.70. The van der Waals surface area contributed by atoms with E-state index >= 15 is 0 Å². The summed E-state index contributed by atoms with van der Waals surface area (Å²) in [5, 5.41) is 10.2. The van der Waals surface area contributed by atoms with Crippen LogP contribution < -0.4 is 0 Å². The Morgan fingerprint density at radius 1 is 0.812 bits per heavy atom. The van der Waals surface area contributed by atoms with Crippen LogP contribution in [0.5, 0.6) is 0 Å². The molecule has 1 fully saturated rings. The third-order valence-corrected chi connectivity index (χ3v) is 9.25. The molecule has 1 aliphatic heterocycles. The predicted octanol–water partition coefficient (Wildman–Crippen LogP) is 11.8. The van der Waals surface area contributed by atoms with Crippen LogP contribution in [0.4, 0.5) is 0 Å². The molecule has 0 aromatic heterocycles. The maximum Gasteiger partial charge on any atom is 0.335 e. The third-order valence-electron chi connectivity index (χ3n) is 8.38. The van der Waals surface area contributed by atoms with Crippen LogP contribution in [0, 0.1) is 35.5 Å². The van der Waals surface area contributed by atoms with Crippen molar-refractivity contribution in [3.05, 3.63) is 96.6 Å². The maximum absolute atomic E-state index is 10.2. The minimum Gasteiger partial charge on any atom is -0.168 e. The van der Waals surface area contributed by atoms with Gasteiger partial charge in [0.25, 0.3) is 0 Å². The molecule has 2 aromatic carbocycles. The summed E-state index contributed by atoms with van der Waals surface area (Å²) >= 11 is 8.36. The molecule has 0 aliphatic carbocycles. The van der Waals surface area contributed by atoms with E-state index in [0.717, 1.165) is 9.99 Å². The Balaban J connectivity index is -0.000000651. The van der Waals surface area contributed by atoms with Gasteiger partial charge in [0.15, 0.2) is 0 Å². The van der Waals surface area contributed by atoms with E-state index in [1.165, 1.54) is 5.56 Å². The summed E-state index contributed by atoms with van der Waals surface area (Å²) in [5.74, 6) is 2.98. The van der Waals surface area contributed by atoms with Crippen LogP contribution in [0.25, 0.3) is 12.2 Å². The van der Waals surface area contributed by atoms with Gasteiger partial charge in [0, 0.05) is 4.43 Å². The van der Waals surface area contributed by atoms with Crippen molar-refractivity contribution in [3.63, 3.8) is 0 Å². The molecular formula is C35H51I5O6S2. The zero-order valence-corrected chi connectivity index (χ0v) is 39.9. The molecule has 1 saturated heterocycles. The second-order valence-corrected chi connectivity index (χ2v) is 60.9. The molecular weight excluding hydrogens is 1220 g/mol. The molecule has 3 rings (SSSR count). The van der Waals surface area contributed by atoms with Gasteiger partial charge in [0.05, 0.1) is 18.3 Å². The minimum atomic E-state index is -0.750. The van der Waals surface area contributed by atoms with Crippen molar-refractivity contribution in [2.45, 2.75) is 67.3 Å². The SMILES string of the molecule is C.C=C[C@H](C)C(C)[C@H](C)[C@@H](O)/C=C/c1ccccc1.C[C@H]1[C@@H](C)[C@@H](CI)O[C@@H](/C=C/c2ccccc2)[C@H]1C.II(I)I.O=S=O.O=S=O. The Bertz CT molecular complexity index is 1190. The second kappa shape index (κ2) is 33.7. The first kappa shape index (κ1) is 53.2. The minimum absolute atomic E-state index is 0. The molecule has 1 aliphatic rings. The van der Waals surface area contributed by atoms with E-state index in [4.69, 9.17) is 21.6 Å². The topological polar surface area (TPSA) is 97.7 Å². The summed E-state index contributed by atoms with van der Waals surface area (Å²) in [5.41, 5.74) is 2.36. The zero-order chi connectivity index (χ0) is 36.4. The van der Waals surface area contributed by atoms with Crippen molar-refractivity contribution in [1.29, 1.82) is 0 Å². The van der Waals surface area contributed by atoms with E-state index in [9.17, 15) is 5.11 Å². The quantitative estimate of drug-likeness (QED) is 0.153. The summed E-state index contributed by atoms with van der Waals surface area (Å²) in [6.45, 7) is 17.2. The first-order chi connectivity index (χ1) is 22.2. The third kappa shape index (κ3) is 24.9. The normalized spacial score (nSPS) is 22.4. The molecule has 48 heavy (non-hydrogen) atoms. The Morgan fingerprint density at radius 3 is 1.62 bits per heavy atom. The van der Waals surface area contributed by atoms with Gasteiger partial charge in [-0.1, -0.05) is 163 Å². The number of hydrogen-bond donors (Lipinski definition) is 1. The van der Waals surface area contributed by atoms with Gasteiger partial charge in [-0.15, -0.1) is 6.58 Å². The zero-order valence-electron chi connectivity index (χ0n) is 27.5. The van der Waals surface area contributed by atoms with Gasteiger partial charge in [0.2, 0.25) is 0 Å². The van der Waals surface area contributed by atoms with Gasteiger partial charge in [-0.3, -0.25) is 0 Å². The van der Waals surface area contributed by atoms with Crippen LogP contribution in [-0.2, 0) is 27.9 Å². The molecule has 0 saturated carbocycles. The largest absolute Gasteiger partial charge is 0.335 e. The van der Waals surface area contributed by atoms with E-state index in [0.29, 0.717) is 35.7 Å². The van der Waals surface area contributed by atoms with Crippen LogP contribution in [0.15, 0.2) is 85.5 Å². The first-order valence-electron chi connectivity index (χ1n) is 14.8. The average molecular weight is 1270 g/mol. The van der Waals surface area contributed by atoms with Gasteiger partial charge >= 0.3 is 86.9 Å². The number of aliphatic hydroxyl groups excluding tert-OH is 1. The molecule has 13 heteroatoms. The van der Waals surface area contributed by atoms with Crippen molar-refractivity contribution in [2.75, 3.05) is 4.43 Å². The van der Waals surface area contributed by atoms with E-state index in [-0.39, 0.29) is 27.3 Å². The van der Waals surface area contributed by atoms with Gasteiger partial charge < -0.3 is 9.84 Å². The fraction of sp³-hybridized carbons (Fsp3) is 0.486.